The van der Waals surface area contributed by atoms with Crippen molar-refractivity contribution in [1.29, 1.82) is 0 Å². The summed E-state index contributed by atoms with van der Waals surface area (Å²) < 4.78 is 23.9. The monoisotopic (exact) mass is 424 g/mol. The standard InChI is InChI=1S/C23H25FN4O3/c1-16-5-7-17(8-6-16)14-25-23(29)28-13-3-2-4-20(28)22-26-21(31-27-22)15-30-19-11-9-18(24)10-12-19/h5-12,20H,2-4,13-15H2,1H3,(H,25,29). The van der Waals surface area contributed by atoms with Crippen molar-refractivity contribution in [2.24, 2.45) is 0 Å². The number of amides is 2. The third kappa shape index (κ3) is 5.39. The molecular weight excluding hydrogens is 399 g/mol. The summed E-state index contributed by atoms with van der Waals surface area (Å²) in [5, 5.41) is 7.07. The summed E-state index contributed by atoms with van der Waals surface area (Å²) in [7, 11) is 0. The molecule has 0 bridgehead atoms. The molecule has 8 heteroatoms. The van der Waals surface area contributed by atoms with Crippen LogP contribution in [0.4, 0.5) is 9.18 Å². The molecule has 2 aromatic carbocycles. The maximum atomic E-state index is 13.0. The number of piperidine rings is 1. The molecule has 1 unspecified atom stereocenters. The van der Waals surface area contributed by atoms with Crippen molar-refractivity contribution in [2.45, 2.75) is 45.4 Å². The fraction of sp³-hybridized carbons (Fsp3) is 0.348. The first-order chi connectivity index (χ1) is 15.1. The average molecular weight is 424 g/mol. The third-order valence-corrected chi connectivity index (χ3v) is 5.29. The number of hydrogen-bond acceptors (Lipinski definition) is 5. The van der Waals surface area contributed by atoms with E-state index in [9.17, 15) is 9.18 Å². The molecule has 0 radical (unpaired) electrons. The first kappa shape index (κ1) is 20.8. The van der Waals surface area contributed by atoms with Gasteiger partial charge in [-0.15, -0.1) is 0 Å². The lowest BCUT2D eigenvalue weighted by Gasteiger charge is -2.33. The largest absolute Gasteiger partial charge is 0.484 e. The first-order valence-corrected chi connectivity index (χ1v) is 10.4. The summed E-state index contributed by atoms with van der Waals surface area (Å²) >= 11 is 0. The smallest absolute Gasteiger partial charge is 0.318 e. The predicted molar refractivity (Wildman–Crippen MR) is 112 cm³/mol. The Balaban J connectivity index is 1.37. The van der Waals surface area contributed by atoms with E-state index in [1.54, 1.807) is 4.90 Å². The molecule has 0 saturated carbocycles. The molecule has 0 spiro atoms. The van der Waals surface area contributed by atoms with Crippen LogP contribution in [0.5, 0.6) is 5.75 Å². The number of halogens is 1. The molecule has 1 aromatic heterocycles. The van der Waals surface area contributed by atoms with Crippen LogP contribution in [0.3, 0.4) is 0 Å². The van der Waals surface area contributed by atoms with E-state index in [4.69, 9.17) is 9.26 Å². The van der Waals surface area contributed by atoms with Gasteiger partial charge in [-0.1, -0.05) is 35.0 Å². The number of ether oxygens (including phenoxy) is 1. The number of benzene rings is 2. The van der Waals surface area contributed by atoms with Gasteiger partial charge >= 0.3 is 6.03 Å². The summed E-state index contributed by atoms with van der Waals surface area (Å²) in [5.41, 5.74) is 2.23. The Labute approximate surface area is 180 Å². The van der Waals surface area contributed by atoms with E-state index < -0.39 is 0 Å². The molecule has 0 aliphatic carbocycles. The van der Waals surface area contributed by atoms with Gasteiger partial charge in [0.25, 0.3) is 5.89 Å². The van der Waals surface area contributed by atoms with E-state index in [0.29, 0.717) is 30.6 Å². The summed E-state index contributed by atoms with van der Waals surface area (Å²) in [6.45, 7) is 3.21. The number of likely N-dealkylation sites (tertiary alicyclic amines) is 1. The zero-order valence-corrected chi connectivity index (χ0v) is 17.4. The first-order valence-electron chi connectivity index (χ1n) is 10.4. The number of hydrogen-bond donors (Lipinski definition) is 1. The minimum atomic E-state index is -0.328. The molecule has 1 aliphatic heterocycles. The SMILES string of the molecule is Cc1ccc(CNC(=O)N2CCCCC2c2noc(COc3ccc(F)cc3)n2)cc1. The fourth-order valence-electron chi connectivity index (χ4n) is 3.57. The molecule has 1 fully saturated rings. The Kier molecular flexibility index (Phi) is 6.45. The second-order valence-electron chi connectivity index (χ2n) is 7.64. The Hall–Kier alpha value is -3.42. The van der Waals surface area contributed by atoms with Gasteiger partial charge in [0, 0.05) is 13.1 Å². The molecule has 4 rings (SSSR count). The highest BCUT2D eigenvalue weighted by Crippen LogP contribution is 2.29. The highest BCUT2D eigenvalue weighted by Gasteiger charge is 2.31. The van der Waals surface area contributed by atoms with Crippen molar-refractivity contribution < 1.29 is 18.4 Å². The summed E-state index contributed by atoms with van der Waals surface area (Å²) in [6.07, 6.45) is 2.70. The maximum Gasteiger partial charge on any atom is 0.318 e. The van der Waals surface area contributed by atoms with Gasteiger partial charge in [0.15, 0.2) is 12.4 Å². The van der Waals surface area contributed by atoms with Crippen LogP contribution in [-0.2, 0) is 13.2 Å². The van der Waals surface area contributed by atoms with Crippen molar-refractivity contribution in [3.63, 3.8) is 0 Å². The van der Waals surface area contributed by atoms with Crippen LogP contribution in [0.25, 0.3) is 0 Å². The van der Waals surface area contributed by atoms with E-state index in [0.717, 1.165) is 24.8 Å². The molecule has 3 aromatic rings. The summed E-state index contributed by atoms with van der Waals surface area (Å²) in [4.78, 5) is 19.0. The maximum absolute atomic E-state index is 13.0. The average Bonchev–Trinajstić information content (AvgIpc) is 3.27. The molecule has 2 heterocycles. The lowest BCUT2D eigenvalue weighted by atomic mass is 10.0. The van der Waals surface area contributed by atoms with Crippen LogP contribution in [-0.4, -0.2) is 27.6 Å². The van der Waals surface area contributed by atoms with Gasteiger partial charge < -0.3 is 19.5 Å². The van der Waals surface area contributed by atoms with Crippen LogP contribution in [0, 0.1) is 12.7 Å². The number of aryl methyl sites for hydroxylation is 1. The van der Waals surface area contributed by atoms with Gasteiger partial charge in [-0.05, 0) is 56.0 Å². The van der Waals surface area contributed by atoms with Crippen LogP contribution in [0.2, 0.25) is 0 Å². The van der Waals surface area contributed by atoms with Gasteiger partial charge in [0.1, 0.15) is 11.6 Å². The molecule has 7 nitrogen and oxygen atoms in total. The molecular formula is C23H25FN4O3. The van der Waals surface area contributed by atoms with E-state index in [-0.39, 0.29) is 24.5 Å². The van der Waals surface area contributed by atoms with Crippen molar-refractivity contribution in [2.75, 3.05) is 6.54 Å². The highest BCUT2D eigenvalue weighted by atomic mass is 19.1. The van der Waals surface area contributed by atoms with Gasteiger partial charge in [0.2, 0.25) is 0 Å². The number of urea groups is 1. The van der Waals surface area contributed by atoms with Gasteiger partial charge in [0.05, 0.1) is 6.04 Å². The van der Waals surface area contributed by atoms with E-state index >= 15 is 0 Å². The van der Waals surface area contributed by atoms with Crippen molar-refractivity contribution >= 4 is 6.03 Å². The van der Waals surface area contributed by atoms with Crippen LogP contribution < -0.4 is 10.1 Å². The van der Waals surface area contributed by atoms with E-state index in [1.165, 1.54) is 29.8 Å². The quantitative estimate of drug-likeness (QED) is 0.629. The number of carbonyl (C=O) groups is 1. The van der Waals surface area contributed by atoms with Gasteiger partial charge in [-0.25, -0.2) is 9.18 Å². The molecule has 1 saturated heterocycles. The summed E-state index contributed by atoms with van der Waals surface area (Å²) in [6, 6.07) is 13.4. The molecule has 2 amide bonds. The number of nitrogens with one attached hydrogen (secondary N) is 1. The highest BCUT2D eigenvalue weighted by molar-refractivity contribution is 5.74. The lowest BCUT2D eigenvalue weighted by Crippen LogP contribution is -2.44. The zero-order valence-electron chi connectivity index (χ0n) is 17.4. The predicted octanol–water partition coefficient (Wildman–Crippen LogP) is 4.53. The summed E-state index contributed by atoms with van der Waals surface area (Å²) in [5.74, 6) is 0.967. The zero-order chi connectivity index (χ0) is 21.6. The minimum Gasteiger partial charge on any atom is -0.484 e. The molecule has 1 atom stereocenters. The van der Waals surface area contributed by atoms with E-state index in [1.807, 2.05) is 31.2 Å². The molecule has 162 valence electrons. The van der Waals surface area contributed by atoms with Crippen LogP contribution in [0.1, 0.15) is 48.1 Å². The Bertz CT molecular complexity index is 1000. The van der Waals surface area contributed by atoms with Crippen molar-refractivity contribution in [1.82, 2.24) is 20.4 Å². The Morgan fingerprint density at radius 3 is 2.74 bits per heavy atom. The molecule has 1 N–H and O–H groups in total. The van der Waals surface area contributed by atoms with Crippen LogP contribution in [0.15, 0.2) is 53.1 Å². The van der Waals surface area contributed by atoms with E-state index in [2.05, 4.69) is 15.5 Å². The normalized spacial score (nSPS) is 16.2. The van der Waals surface area contributed by atoms with Crippen molar-refractivity contribution in [3.05, 3.63) is 77.2 Å². The second kappa shape index (κ2) is 9.59. The number of rotatable bonds is 6. The molecule has 31 heavy (non-hydrogen) atoms. The number of nitrogens with zero attached hydrogens (tertiary/aromatic N) is 3. The van der Waals surface area contributed by atoms with Crippen molar-refractivity contribution in [3.8, 4) is 5.75 Å². The lowest BCUT2D eigenvalue weighted by molar-refractivity contribution is 0.145. The second-order valence-corrected chi connectivity index (χ2v) is 7.64. The van der Waals surface area contributed by atoms with Gasteiger partial charge in [-0.3, -0.25) is 0 Å². The Morgan fingerprint density at radius 1 is 1.19 bits per heavy atom. The number of carbonyl (C=O) groups excluding carboxylic acids is 1. The van der Waals surface area contributed by atoms with Crippen LogP contribution >= 0.6 is 0 Å². The number of aromatic nitrogens is 2. The molecule has 1 aliphatic rings. The topological polar surface area (TPSA) is 80.5 Å². The minimum absolute atomic E-state index is 0.0744. The fourth-order valence-corrected chi connectivity index (χ4v) is 3.57. The van der Waals surface area contributed by atoms with Gasteiger partial charge in [-0.2, -0.15) is 4.98 Å². The third-order valence-electron chi connectivity index (χ3n) is 5.29. The Morgan fingerprint density at radius 2 is 1.97 bits per heavy atom.